The van der Waals surface area contributed by atoms with Crippen LogP contribution in [0.1, 0.15) is 30.5 Å². The summed E-state index contributed by atoms with van der Waals surface area (Å²) in [4.78, 5) is 27.1. The van der Waals surface area contributed by atoms with Crippen molar-refractivity contribution in [3.05, 3.63) is 71.3 Å². The summed E-state index contributed by atoms with van der Waals surface area (Å²) >= 11 is 0. The number of amides is 1. The van der Waals surface area contributed by atoms with Gasteiger partial charge < -0.3 is 0 Å². The van der Waals surface area contributed by atoms with Crippen LogP contribution in [0.2, 0.25) is 0 Å². The summed E-state index contributed by atoms with van der Waals surface area (Å²) in [6.45, 7) is 4.03. The van der Waals surface area contributed by atoms with E-state index < -0.39 is 17.2 Å². The Bertz CT molecular complexity index is 862. The minimum absolute atomic E-state index is 0.407. The van der Waals surface area contributed by atoms with Gasteiger partial charge in [0.25, 0.3) is 11.7 Å². The third-order valence-corrected chi connectivity index (χ3v) is 4.65. The van der Waals surface area contributed by atoms with Gasteiger partial charge in [0, 0.05) is 11.1 Å². The number of Topliss-reactive ketones (excluding diaryl/α,β-unsaturated/α-hetero) is 1. The van der Waals surface area contributed by atoms with Gasteiger partial charge in [-0.05, 0) is 31.4 Å². The molecular weight excluding hydrogens is 286 g/mol. The van der Waals surface area contributed by atoms with Gasteiger partial charge in [0.1, 0.15) is 0 Å². The van der Waals surface area contributed by atoms with E-state index in [-0.39, 0.29) is 0 Å². The highest BCUT2D eigenvalue weighted by Gasteiger charge is 2.49. The molecule has 2 heterocycles. The Balaban J connectivity index is 2.07. The summed E-state index contributed by atoms with van der Waals surface area (Å²) in [7, 11) is 0. The van der Waals surface area contributed by atoms with E-state index in [1.165, 1.54) is 5.56 Å². The van der Waals surface area contributed by atoms with E-state index in [4.69, 9.17) is 0 Å². The second-order valence-corrected chi connectivity index (χ2v) is 6.71. The first-order valence-electron chi connectivity index (χ1n) is 7.77. The molecule has 3 heteroatoms. The van der Waals surface area contributed by atoms with Crippen LogP contribution < -0.4 is 0 Å². The van der Waals surface area contributed by atoms with Crippen molar-refractivity contribution in [2.24, 2.45) is 0 Å². The van der Waals surface area contributed by atoms with E-state index >= 15 is 0 Å². The van der Waals surface area contributed by atoms with Crippen LogP contribution in [0.5, 0.6) is 0 Å². The third kappa shape index (κ3) is 1.89. The zero-order valence-corrected chi connectivity index (χ0v) is 13.2. The Hall–Kier alpha value is -2.68. The molecule has 4 rings (SSSR count). The highest BCUT2D eigenvalue weighted by molar-refractivity contribution is 6.60. The maximum absolute atomic E-state index is 12.7. The van der Waals surface area contributed by atoms with Crippen LogP contribution in [0.15, 0.2) is 54.6 Å². The van der Waals surface area contributed by atoms with Crippen molar-refractivity contribution in [3.8, 4) is 0 Å². The minimum atomic E-state index is -0.418. The lowest BCUT2D eigenvalue weighted by molar-refractivity contribution is -0.141. The molecule has 1 amide bonds. The first kappa shape index (κ1) is 13.9. The van der Waals surface area contributed by atoms with Crippen LogP contribution in [0.25, 0.3) is 11.3 Å². The van der Waals surface area contributed by atoms with Crippen molar-refractivity contribution in [2.75, 3.05) is 0 Å². The van der Waals surface area contributed by atoms with Crippen LogP contribution >= 0.6 is 0 Å². The summed E-state index contributed by atoms with van der Waals surface area (Å²) in [5.41, 5.74) is 3.85. The van der Waals surface area contributed by atoms with Gasteiger partial charge in [-0.2, -0.15) is 0 Å². The minimum Gasteiger partial charge on any atom is -0.298 e. The number of fused-ring (bicyclic) bond motifs is 3. The van der Waals surface area contributed by atoms with Crippen molar-refractivity contribution in [3.63, 3.8) is 0 Å². The summed E-state index contributed by atoms with van der Waals surface area (Å²) < 4.78 is 0. The molecule has 0 saturated carbocycles. The monoisotopic (exact) mass is 303 g/mol. The van der Waals surface area contributed by atoms with Gasteiger partial charge in [-0.1, -0.05) is 54.6 Å². The number of nitrogens with zero attached hydrogens (tertiary/aromatic N) is 1. The Morgan fingerprint density at radius 1 is 0.913 bits per heavy atom. The molecule has 0 N–H and O–H groups in total. The summed E-state index contributed by atoms with van der Waals surface area (Å²) in [6.07, 6.45) is 0.744. The quantitative estimate of drug-likeness (QED) is 0.758. The van der Waals surface area contributed by atoms with Gasteiger partial charge in [0.05, 0.1) is 11.3 Å². The zero-order chi connectivity index (χ0) is 16.2. The summed E-state index contributed by atoms with van der Waals surface area (Å²) in [5.74, 6) is -0.825. The fourth-order valence-electron chi connectivity index (χ4n) is 3.69. The Morgan fingerprint density at radius 2 is 1.57 bits per heavy atom. The molecule has 23 heavy (non-hydrogen) atoms. The van der Waals surface area contributed by atoms with E-state index in [1.54, 1.807) is 4.90 Å². The smallest absolute Gasteiger partial charge is 0.298 e. The number of rotatable bonds is 1. The van der Waals surface area contributed by atoms with Gasteiger partial charge in [-0.25, -0.2) is 0 Å². The molecule has 0 atom stereocenters. The molecule has 0 unspecified atom stereocenters. The average molecular weight is 303 g/mol. The maximum Gasteiger partial charge on any atom is 0.300 e. The topological polar surface area (TPSA) is 37.4 Å². The van der Waals surface area contributed by atoms with E-state index in [9.17, 15) is 9.59 Å². The van der Waals surface area contributed by atoms with Crippen LogP contribution in [0.3, 0.4) is 0 Å². The van der Waals surface area contributed by atoms with Crippen molar-refractivity contribution >= 4 is 23.0 Å². The maximum atomic E-state index is 12.7. The lowest BCUT2D eigenvalue weighted by Crippen LogP contribution is -2.49. The average Bonchev–Trinajstić information content (AvgIpc) is 2.81. The van der Waals surface area contributed by atoms with E-state index in [0.29, 0.717) is 5.57 Å². The summed E-state index contributed by atoms with van der Waals surface area (Å²) in [5, 5.41) is 0. The second kappa shape index (κ2) is 4.66. The summed E-state index contributed by atoms with van der Waals surface area (Å²) in [6, 6.07) is 17.5. The first-order valence-corrected chi connectivity index (χ1v) is 7.77. The molecule has 2 aromatic carbocycles. The lowest BCUT2D eigenvalue weighted by atomic mass is 9.83. The normalized spacial score (nSPS) is 19.0. The number of benzene rings is 2. The van der Waals surface area contributed by atoms with Gasteiger partial charge in [0.15, 0.2) is 0 Å². The molecule has 0 saturated heterocycles. The van der Waals surface area contributed by atoms with E-state index in [1.807, 2.05) is 62.4 Å². The van der Waals surface area contributed by atoms with Crippen LogP contribution in [0.4, 0.5) is 0 Å². The zero-order valence-electron chi connectivity index (χ0n) is 13.2. The first-order chi connectivity index (χ1) is 11.0. The largest absolute Gasteiger partial charge is 0.300 e. The van der Waals surface area contributed by atoms with Crippen LogP contribution in [-0.2, 0) is 16.0 Å². The SMILES string of the molecule is CC1(C)Cc2ccccc2C2=C(c3ccccc3)C(=O)C(=O)N21. The lowest BCUT2D eigenvalue weighted by Gasteiger charge is -2.42. The van der Waals surface area contributed by atoms with Crippen LogP contribution in [-0.4, -0.2) is 22.1 Å². The molecule has 114 valence electrons. The number of hydrogen-bond donors (Lipinski definition) is 0. The molecule has 3 nitrogen and oxygen atoms in total. The van der Waals surface area contributed by atoms with Gasteiger partial charge in [0.2, 0.25) is 0 Å². The Morgan fingerprint density at radius 3 is 2.30 bits per heavy atom. The number of ketones is 1. The molecule has 2 aliphatic rings. The standard InChI is InChI=1S/C20H17NO2/c1-20(2)12-14-10-6-7-11-15(14)17-16(13-8-4-3-5-9-13)18(22)19(23)21(17)20/h3-11H,12H2,1-2H3. The van der Waals surface area contributed by atoms with Gasteiger partial charge in [-0.15, -0.1) is 0 Å². The highest BCUT2D eigenvalue weighted by Crippen LogP contribution is 2.46. The number of hydrogen-bond acceptors (Lipinski definition) is 2. The Kier molecular flexibility index (Phi) is 2.82. The third-order valence-electron chi connectivity index (χ3n) is 4.65. The van der Waals surface area contributed by atoms with E-state index in [2.05, 4.69) is 6.07 Å². The number of carbonyl (C=O) groups excluding carboxylic acids is 2. The molecule has 2 aromatic rings. The molecule has 0 bridgehead atoms. The molecule has 0 radical (unpaired) electrons. The van der Waals surface area contributed by atoms with Crippen LogP contribution in [0, 0.1) is 0 Å². The van der Waals surface area contributed by atoms with Gasteiger partial charge >= 0.3 is 0 Å². The predicted octanol–water partition coefficient (Wildman–Crippen LogP) is 3.30. The van der Waals surface area contributed by atoms with Crippen molar-refractivity contribution in [1.29, 1.82) is 0 Å². The van der Waals surface area contributed by atoms with Crippen molar-refractivity contribution < 1.29 is 9.59 Å². The van der Waals surface area contributed by atoms with E-state index in [0.717, 1.165) is 23.2 Å². The van der Waals surface area contributed by atoms with Crippen molar-refractivity contribution in [1.82, 2.24) is 4.90 Å². The second-order valence-electron chi connectivity index (χ2n) is 6.71. The van der Waals surface area contributed by atoms with Crippen molar-refractivity contribution in [2.45, 2.75) is 25.8 Å². The van der Waals surface area contributed by atoms with Gasteiger partial charge in [-0.3, -0.25) is 14.5 Å². The molecule has 0 spiro atoms. The molecule has 0 aromatic heterocycles. The fourth-order valence-corrected chi connectivity index (χ4v) is 3.69. The fraction of sp³-hybridized carbons (Fsp3) is 0.200. The molecular formula is C20H17NO2. The molecule has 0 fully saturated rings. The molecule has 0 aliphatic carbocycles. The highest BCUT2D eigenvalue weighted by atomic mass is 16.2. The number of carbonyl (C=O) groups is 2. The predicted molar refractivity (Wildman–Crippen MR) is 89.3 cm³/mol. The Labute approximate surface area is 135 Å². The molecule has 2 aliphatic heterocycles.